The van der Waals surface area contributed by atoms with Crippen LogP contribution in [0.25, 0.3) is 0 Å². The van der Waals surface area contributed by atoms with Crippen molar-refractivity contribution in [2.75, 3.05) is 6.54 Å². The number of hydrogen-bond donors (Lipinski definition) is 2. The Balaban J connectivity index is 2.03. The minimum absolute atomic E-state index is 0.0573. The number of unbranched alkanes of at least 4 members (excludes halogenated alkanes) is 1. The first-order chi connectivity index (χ1) is 11.0. The fourth-order valence-corrected chi connectivity index (χ4v) is 3.36. The average Bonchev–Trinajstić information content (AvgIpc) is 2.54. The Labute approximate surface area is 136 Å². The smallest absolute Gasteiger partial charge is 0.303 e. The third-order valence-corrected chi connectivity index (χ3v) is 4.62. The maximum Gasteiger partial charge on any atom is 0.303 e. The molecule has 1 aliphatic carbocycles. The zero-order valence-corrected chi connectivity index (χ0v) is 13.3. The molecule has 0 aromatic heterocycles. The molecule has 1 aromatic rings. The molecule has 1 amide bonds. The Hall–Kier alpha value is -1.91. The van der Waals surface area contributed by atoms with Crippen molar-refractivity contribution in [1.29, 1.82) is 0 Å². The van der Waals surface area contributed by atoms with Crippen molar-refractivity contribution in [3.63, 3.8) is 0 Å². The number of carboxylic acid groups (broad SMARTS) is 1. The zero-order chi connectivity index (χ0) is 16.7. The van der Waals surface area contributed by atoms with Crippen LogP contribution >= 0.6 is 0 Å². The van der Waals surface area contributed by atoms with Crippen LogP contribution in [0.1, 0.15) is 56.9 Å². The second-order valence-corrected chi connectivity index (χ2v) is 6.26. The Kier molecular flexibility index (Phi) is 6.13. The number of carbonyl (C=O) groups excluding carboxylic acids is 1. The van der Waals surface area contributed by atoms with Crippen LogP contribution in [0.15, 0.2) is 24.3 Å². The number of amides is 1. The van der Waals surface area contributed by atoms with Gasteiger partial charge in [-0.2, -0.15) is 0 Å². The topological polar surface area (TPSA) is 66.4 Å². The SMILES string of the molecule is O=C(O)CCCCNC(=O)C1(c2cccc(F)c2)CCCCC1. The molecule has 1 aromatic carbocycles. The molecule has 126 valence electrons. The van der Waals surface area contributed by atoms with Gasteiger partial charge in [0.1, 0.15) is 5.82 Å². The third kappa shape index (κ3) is 4.53. The summed E-state index contributed by atoms with van der Waals surface area (Å²) < 4.78 is 13.6. The van der Waals surface area contributed by atoms with Crippen molar-refractivity contribution in [2.24, 2.45) is 0 Å². The van der Waals surface area contributed by atoms with Gasteiger partial charge in [0.25, 0.3) is 0 Å². The molecule has 0 atom stereocenters. The van der Waals surface area contributed by atoms with Gasteiger partial charge in [0.2, 0.25) is 5.91 Å². The van der Waals surface area contributed by atoms with Crippen molar-refractivity contribution in [2.45, 2.75) is 56.8 Å². The second kappa shape index (κ2) is 8.09. The van der Waals surface area contributed by atoms with Crippen LogP contribution in [-0.4, -0.2) is 23.5 Å². The van der Waals surface area contributed by atoms with Gasteiger partial charge in [0.15, 0.2) is 0 Å². The lowest BCUT2D eigenvalue weighted by Crippen LogP contribution is -2.46. The summed E-state index contributed by atoms with van der Waals surface area (Å²) in [4.78, 5) is 23.3. The summed E-state index contributed by atoms with van der Waals surface area (Å²) in [6, 6.07) is 6.35. The van der Waals surface area contributed by atoms with Gasteiger partial charge < -0.3 is 10.4 Å². The number of rotatable bonds is 7. The van der Waals surface area contributed by atoms with Crippen LogP contribution in [0.5, 0.6) is 0 Å². The van der Waals surface area contributed by atoms with Gasteiger partial charge in [-0.15, -0.1) is 0 Å². The molecule has 1 saturated carbocycles. The molecule has 1 aliphatic rings. The summed E-state index contributed by atoms with van der Waals surface area (Å²) >= 11 is 0. The van der Waals surface area contributed by atoms with E-state index in [4.69, 9.17) is 5.11 Å². The first-order valence-corrected chi connectivity index (χ1v) is 8.31. The number of aliphatic carboxylic acids is 1. The predicted octanol–water partition coefficient (Wildman–Crippen LogP) is 3.40. The van der Waals surface area contributed by atoms with Crippen molar-refractivity contribution >= 4 is 11.9 Å². The molecule has 23 heavy (non-hydrogen) atoms. The summed E-state index contributed by atoms with van der Waals surface area (Å²) in [5.41, 5.74) is 0.105. The van der Waals surface area contributed by atoms with E-state index in [9.17, 15) is 14.0 Å². The Bertz CT molecular complexity index is 553. The van der Waals surface area contributed by atoms with Crippen LogP contribution in [0, 0.1) is 5.82 Å². The zero-order valence-electron chi connectivity index (χ0n) is 13.3. The molecule has 4 nitrogen and oxygen atoms in total. The first kappa shape index (κ1) is 17.4. The van der Waals surface area contributed by atoms with E-state index in [-0.39, 0.29) is 18.1 Å². The van der Waals surface area contributed by atoms with E-state index in [0.717, 1.165) is 37.7 Å². The molecule has 0 spiro atoms. The molecule has 0 heterocycles. The van der Waals surface area contributed by atoms with Crippen LogP contribution in [0.2, 0.25) is 0 Å². The highest BCUT2D eigenvalue weighted by Gasteiger charge is 2.40. The van der Waals surface area contributed by atoms with Crippen LogP contribution in [0.3, 0.4) is 0 Å². The lowest BCUT2D eigenvalue weighted by molar-refractivity contribution is -0.137. The van der Waals surface area contributed by atoms with E-state index >= 15 is 0 Å². The molecule has 1 fully saturated rings. The number of halogens is 1. The van der Waals surface area contributed by atoms with E-state index < -0.39 is 11.4 Å². The van der Waals surface area contributed by atoms with Crippen LogP contribution in [-0.2, 0) is 15.0 Å². The number of nitrogens with one attached hydrogen (secondary N) is 1. The van der Waals surface area contributed by atoms with Gasteiger partial charge in [0.05, 0.1) is 5.41 Å². The van der Waals surface area contributed by atoms with Gasteiger partial charge in [-0.05, 0) is 43.4 Å². The molecule has 2 rings (SSSR count). The molecule has 2 N–H and O–H groups in total. The standard InChI is InChI=1S/C18H24FNO3/c19-15-8-6-7-14(13-15)18(10-3-1-4-11-18)17(23)20-12-5-2-9-16(21)22/h6-8,13H,1-5,9-12H2,(H,20,23)(H,21,22). The molecular weight excluding hydrogens is 297 g/mol. The maximum atomic E-state index is 13.6. The monoisotopic (exact) mass is 321 g/mol. The molecule has 0 unspecified atom stereocenters. The van der Waals surface area contributed by atoms with Crippen molar-refractivity contribution in [1.82, 2.24) is 5.32 Å². The van der Waals surface area contributed by atoms with Crippen LogP contribution in [0.4, 0.5) is 4.39 Å². The molecular formula is C18H24FNO3. The molecule has 0 radical (unpaired) electrons. The highest BCUT2D eigenvalue weighted by atomic mass is 19.1. The highest BCUT2D eigenvalue weighted by molar-refractivity contribution is 5.88. The third-order valence-electron chi connectivity index (χ3n) is 4.62. The van der Waals surface area contributed by atoms with Gasteiger partial charge in [-0.1, -0.05) is 31.4 Å². The summed E-state index contributed by atoms with van der Waals surface area (Å²) in [5.74, 6) is -1.19. The Morgan fingerprint density at radius 2 is 1.91 bits per heavy atom. The second-order valence-electron chi connectivity index (χ2n) is 6.26. The van der Waals surface area contributed by atoms with E-state index in [2.05, 4.69) is 5.32 Å². The van der Waals surface area contributed by atoms with Crippen LogP contribution < -0.4 is 5.32 Å². The quantitative estimate of drug-likeness (QED) is 0.756. The van der Waals surface area contributed by atoms with Gasteiger partial charge in [0, 0.05) is 13.0 Å². The van der Waals surface area contributed by atoms with Crippen molar-refractivity contribution in [3.05, 3.63) is 35.6 Å². The summed E-state index contributed by atoms with van der Waals surface area (Å²) in [5, 5.41) is 11.5. The van der Waals surface area contributed by atoms with E-state index in [1.807, 2.05) is 6.07 Å². The maximum absolute atomic E-state index is 13.6. The number of carbonyl (C=O) groups is 2. The summed E-state index contributed by atoms with van der Waals surface area (Å²) in [7, 11) is 0. The lowest BCUT2D eigenvalue weighted by Gasteiger charge is -2.36. The van der Waals surface area contributed by atoms with Gasteiger partial charge in [-0.3, -0.25) is 9.59 Å². The van der Waals surface area contributed by atoms with Crippen molar-refractivity contribution in [3.8, 4) is 0 Å². The predicted molar refractivity (Wildman–Crippen MR) is 85.7 cm³/mol. The summed E-state index contributed by atoms with van der Waals surface area (Å²) in [6.07, 6.45) is 5.79. The normalized spacial score (nSPS) is 16.7. The average molecular weight is 321 g/mol. The fraction of sp³-hybridized carbons (Fsp3) is 0.556. The number of hydrogen-bond acceptors (Lipinski definition) is 2. The lowest BCUT2D eigenvalue weighted by atomic mass is 9.68. The molecule has 0 saturated heterocycles. The van der Waals surface area contributed by atoms with Gasteiger partial charge in [-0.25, -0.2) is 4.39 Å². The Morgan fingerprint density at radius 3 is 2.57 bits per heavy atom. The Morgan fingerprint density at radius 1 is 1.17 bits per heavy atom. The minimum atomic E-state index is -0.820. The first-order valence-electron chi connectivity index (χ1n) is 8.31. The van der Waals surface area contributed by atoms with E-state index in [1.54, 1.807) is 6.07 Å². The molecule has 5 heteroatoms. The molecule has 0 aliphatic heterocycles. The van der Waals surface area contributed by atoms with Gasteiger partial charge >= 0.3 is 5.97 Å². The summed E-state index contributed by atoms with van der Waals surface area (Å²) in [6.45, 7) is 0.461. The van der Waals surface area contributed by atoms with E-state index in [0.29, 0.717) is 19.4 Å². The number of benzene rings is 1. The largest absolute Gasteiger partial charge is 0.481 e. The van der Waals surface area contributed by atoms with Crippen molar-refractivity contribution < 1.29 is 19.1 Å². The minimum Gasteiger partial charge on any atom is -0.481 e. The number of carboxylic acids is 1. The molecule has 0 bridgehead atoms. The fourth-order valence-electron chi connectivity index (χ4n) is 3.36. The highest BCUT2D eigenvalue weighted by Crippen LogP contribution is 2.39. The van der Waals surface area contributed by atoms with E-state index in [1.165, 1.54) is 12.1 Å².